The molecule has 0 saturated heterocycles. The van der Waals surface area contributed by atoms with Crippen molar-refractivity contribution in [2.75, 3.05) is 13.2 Å². The van der Waals surface area contributed by atoms with Crippen LogP contribution in [-0.4, -0.2) is 35.1 Å². The molecule has 2 N–H and O–H groups in total. The van der Waals surface area contributed by atoms with E-state index in [0.29, 0.717) is 5.52 Å². The second-order valence-electron chi connectivity index (χ2n) is 3.54. The first kappa shape index (κ1) is 12.1. The van der Waals surface area contributed by atoms with E-state index >= 15 is 0 Å². The van der Waals surface area contributed by atoms with Gasteiger partial charge in [0.15, 0.2) is 11.4 Å². The topological polar surface area (TPSA) is 110 Å². The van der Waals surface area contributed by atoms with Crippen LogP contribution < -0.4 is 5.76 Å². The van der Waals surface area contributed by atoms with Crippen LogP contribution in [0.25, 0.3) is 11.1 Å². The van der Waals surface area contributed by atoms with Gasteiger partial charge in [0.2, 0.25) is 0 Å². The molecule has 0 spiro atoms. The van der Waals surface area contributed by atoms with E-state index < -0.39 is 18.3 Å². The van der Waals surface area contributed by atoms with Crippen LogP contribution in [0.5, 0.6) is 0 Å². The van der Waals surface area contributed by atoms with Gasteiger partial charge in [0.1, 0.15) is 13.2 Å². The second-order valence-corrected chi connectivity index (χ2v) is 3.54. The summed E-state index contributed by atoms with van der Waals surface area (Å²) in [5, 5.41) is 8.35. The van der Waals surface area contributed by atoms with Gasteiger partial charge in [-0.1, -0.05) is 0 Å². The first-order valence-corrected chi connectivity index (χ1v) is 5.02. The highest BCUT2D eigenvalue weighted by molar-refractivity contribution is 5.99. The Morgan fingerprint density at radius 3 is 2.83 bits per heavy atom. The van der Waals surface area contributed by atoms with Crippen molar-refractivity contribution < 1.29 is 23.8 Å². The summed E-state index contributed by atoms with van der Waals surface area (Å²) in [5.41, 5.74) is 1.04. The Labute approximate surface area is 100.0 Å². The Balaban J connectivity index is 2.12. The lowest BCUT2D eigenvalue weighted by Gasteiger charge is -2.00. The number of ether oxygens (including phenoxy) is 1. The average Bonchev–Trinajstić information content (AvgIpc) is 2.67. The number of aromatic amines is 1. The predicted molar refractivity (Wildman–Crippen MR) is 59.6 cm³/mol. The molecule has 94 valence electrons. The summed E-state index contributed by atoms with van der Waals surface area (Å²) >= 11 is 0. The molecule has 1 heterocycles. The van der Waals surface area contributed by atoms with Crippen LogP contribution in [0.3, 0.4) is 0 Å². The summed E-state index contributed by atoms with van der Waals surface area (Å²) in [7, 11) is 0. The molecular formula is C11H9NO6. The Hall–Kier alpha value is -2.41. The van der Waals surface area contributed by atoms with Gasteiger partial charge in [-0.05, 0) is 18.2 Å². The number of aliphatic carboxylic acids is 1. The first-order chi connectivity index (χ1) is 8.56. The number of hydrogen-bond acceptors (Lipinski definition) is 5. The van der Waals surface area contributed by atoms with Crippen molar-refractivity contribution in [3.8, 4) is 0 Å². The molecule has 0 atom stereocenters. The summed E-state index contributed by atoms with van der Waals surface area (Å²) < 4.78 is 9.48. The minimum atomic E-state index is -1.14. The van der Waals surface area contributed by atoms with E-state index in [9.17, 15) is 14.4 Å². The van der Waals surface area contributed by atoms with Gasteiger partial charge in [-0.2, -0.15) is 0 Å². The lowest BCUT2D eigenvalue weighted by molar-refractivity contribution is -0.141. The molecule has 0 aliphatic heterocycles. The van der Waals surface area contributed by atoms with Crippen molar-refractivity contribution in [3.05, 3.63) is 34.3 Å². The van der Waals surface area contributed by atoms with E-state index in [2.05, 4.69) is 9.72 Å². The number of nitrogens with one attached hydrogen (secondary N) is 1. The molecule has 0 fully saturated rings. The number of carbonyl (C=O) groups is 2. The van der Waals surface area contributed by atoms with Crippen LogP contribution in [0.1, 0.15) is 10.4 Å². The quantitative estimate of drug-likeness (QED) is 0.744. The van der Waals surface area contributed by atoms with E-state index in [1.54, 1.807) is 0 Å². The Morgan fingerprint density at radius 1 is 1.33 bits per heavy atom. The van der Waals surface area contributed by atoms with Crippen molar-refractivity contribution in [2.24, 2.45) is 0 Å². The number of carboxylic acids is 1. The fourth-order valence-electron chi connectivity index (χ4n) is 1.43. The van der Waals surface area contributed by atoms with Crippen LogP contribution in [0.4, 0.5) is 0 Å². The number of ketones is 1. The van der Waals surface area contributed by atoms with Gasteiger partial charge in [0, 0.05) is 5.56 Å². The van der Waals surface area contributed by atoms with Gasteiger partial charge in [0.05, 0.1) is 5.52 Å². The third kappa shape index (κ3) is 2.64. The summed E-state index contributed by atoms with van der Waals surface area (Å²) in [6.45, 7) is -0.875. The number of carbonyl (C=O) groups excluding carboxylic acids is 1. The Kier molecular flexibility index (Phi) is 3.24. The zero-order chi connectivity index (χ0) is 13.1. The number of carboxylic acid groups (broad SMARTS) is 1. The molecule has 0 bridgehead atoms. The number of oxazole rings is 1. The standard InChI is InChI=1S/C11H9NO6/c13-8(4-17-5-10(14)15)6-1-2-7-9(3-6)18-11(16)12-7/h1-3H,4-5H2,(H,12,16)(H,14,15). The zero-order valence-corrected chi connectivity index (χ0v) is 9.13. The van der Waals surface area contributed by atoms with Crippen molar-refractivity contribution in [2.45, 2.75) is 0 Å². The minimum Gasteiger partial charge on any atom is -0.480 e. The zero-order valence-electron chi connectivity index (χ0n) is 9.13. The van der Waals surface area contributed by atoms with Crippen LogP contribution in [0, 0.1) is 0 Å². The first-order valence-electron chi connectivity index (χ1n) is 5.02. The van der Waals surface area contributed by atoms with Gasteiger partial charge in [0.25, 0.3) is 0 Å². The molecule has 0 amide bonds. The average molecular weight is 251 g/mol. The molecule has 2 rings (SSSR count). The molecular weight excluding hydrogens is 242 g/mol. The Morgan fingerprint density at radius 2 is 2.11 bits per heavy atom. The lowest BCUT2D eigenvalue weighted by atomic mass is 10.1. The normalized spacial score (nSPS) is 10.7. The number of rotatable bonds is 5. The highest BCUT2D eigenvalue weighted by Crippen LogP contribution is 2.12. The molecule has 0 aliphatic carbocycles. The highest BCUT2D eigenvalue weighted by atomic mass is 16.5. The summed E-state index contributed by atoms with van der Waals surface area (Å²) in [5.74, 6) is -2.13. The molecule has 18 heavy (non-hydrogen) atoms. The van der Waals surface area contributed by atoms with Crippen LogP contribution >= 0.6 is 0 Å². The maximum atomic E-state index is 11.6. The molecule has 1 aromatic heterocycles. The van der Waals surface area contributed by atoms with E-state index in [1.807, 2.05) is 0 Å². The summed E-state index contributed by atoms with van der Waals surface area (Å²) in [6, 6.07) is 4.44. The highest BCUT2D eigenvalue weighted by Gasteiger charge is 2.10. The van der Waals surface area contributed by atoms with E-state index in [1.165, 1.54) is 18.2 Å². The monoisotopic (exact) mass is 251 g/mol. The lowest BCUT2D eigenvalue weighted by Crippen LogP contribution is -2.14. The number of hydrogen-bond donors (Lipinski definition) is 2. The largest absolute Gasteiger partial charge is 0.480 e. The third-order valence-electron chi connectivity index (χ3n) is 2.20. The van der Waals surface area contributed by atoms with Crippen molar-refractivity contribution in [1.82, 2.24) is 4.98 Å². The number of Topliss-reactive ketones (excluding diaryl/α,β-unsaturated/α-hetero) is 1. The Bertz CT molecular complexity index is 653. The fourth-order valence-corrected chi connectivity index (χ4v) is 1.43. The van der Waals surface area contributed by atoms with Crippen molar-refractivity contribution in [3.63, 3.8) is 0 Å². The molecule has 0 radical (unpaired) electrons. The number of benzene rings is 1. The predicted octanol–water partition coefficient (Wildman–Crippen LogP) is 0.405. The molecule has 1 aromatic carbocycles. The maximum Gasteiger partial charge on any atom is 0.417 e. The molecule has 7 heteroatoms. The number of fused-ring (bicyclic) bond motifs is 1. The fraction of sp³-hybridized carbons (Fsp3) is 0.182. The molecule has 0 aliphatic rings. The van der Waals surface area contributed by atoms with Crippen molar-refractivity contribution in [1.29, 1.82) is 0 Å². The van der Waals surface area contributed by atoms with Crippen LogP contribution in [0.2, 0.25) is 0 Å². The number of H-pyrrole nitrogens is 1. The van der Waals surface area contributed by atoms with Crippen LogP contribution in [0.15, 0.2) is 27.4 Å². The van der Waals surface area contributed by atoms with E-state index in [-0.39, 0.29) is 23.5 Å². The smallest absolute Gasteiger partial charge is 0.417 e. The molecule has 2 aromatic rings. The minimum absolute atomic E-state index is 0.268. The maximum absolute atomic E-state index is 11.6. The van der Waals surface area contributed by atoms with Gasteiger partial charge < -0.3 is 14.3 Å². The third-order valence-corrected chi connectivity index (χ3v) is 2.20. The molecule has 7 nitrogen and oxygen atoms in total. The van der Waals surface area contributed by atoms with Gasteiger partial charge in [-0.3, -0.25) is 9.78 Å². The van der Waals surface area contributed by atoms with E-state index in [0.717, 1.165) is 0 Å². The molecule has 0 unspecified atom stereocenters. The van der Waals surface area contributed by atoms with Gasteiger partial charge >= 0.3 is 11.7 Å². The van der Waals surface area contributed by atoms with E-state index in [4.69, 9.17) is 9.52 Å². The summed E-state index contributed by atoms with van der Waals surface area (Å²) in [6.07, 6.45) is 0. The summed E-state index contributed by atoms with van der Waals surface area (Å²) in [4.78, 5) is 35.2. The molecule has 0 saturated carbocycles. The SMILES string of the molecule is O=C(O)COCC(=O)c1ccc2[nH]c(=O)oc2c1. The van der Waals surface area contributed by atoms with Gasteiger partial charge in [-0.15, -0.1) is 0 Å². The number of aromatic nitrogens is 1. The van der Waals surface area contributed by atoms with Gasteiger partial charge in [-0.25, -0.2) is 9.59 Å². The van der Waals surface area contributed by atoms with Crippen LogP contribution in [-0.2, 0) is 9.53 Å². The second kappa shape index (κ2) is 4.84. The van der Waals surface area contributed by atoms with Crippen molar-refractivity contribution >= 4 is 22.9 Å².